The maximum absolute atomic E-state index is 13.6. The summed E-state index contributed by atoms with van der Waals surface area (Å²) < 4.78 is 40.5. The molecule has 0 spiro atoms. The third kappa shape index (κ3) is 5.56. The third-order valence-electron chi connectivity index (χ3n) is 4.00. The molecule has 5 nitrogen and oxygen atoms in total. The highest BCUT2D eigenvalue weighted by molar-refractivity contribution is 9.10. The molecule has 0 aromatic heterocycles. The second kappa shape index (κ2) is 9.70. The first kappa shape index (κ1) is 21.9. The lowest BCUT2D eigenvalue weighted by atomic mass is 10.1. The summed E-state index contributed by atoms with van der Waals surface area (Å²) in [5.41, 5.74) is 0.459. The molecule has 0 aliphatic heterocycles. The van der Waals surface area contributed by atoms with Crippen molar-refractivity contribution in [3.8, 4) is 0 Å². The normalized spacial score (nSPS) is 12.9. The molecule has 2 rings (SSSR count). The number of rotatable bonds is 7. The fraction of sp³-hybridized carbons (Fsp3) is 0.263. The van der Waals surface area contributed by atoms with Crippen molar-refractivity contribution in [2.45, 2.75) is 25.9 Å². The molecule has 0 bridgehead atoms. The molecule has 0 heterocycles. The predicted octanol–water partition coefficient (Wildman–Crippen LogP) is 3.66. The van der Waals surface area contributed by atoms with E-state index in [9.17, 15) is 22.8 Å². The van der Waals surface area contributed by atoms with Gasteiger partial charge in [-0.2, -0.15) is 0 Å². The van der Waals surface area contributed by atoms with E-state index >= 15 is 0 Å². The maximum atomic E-state index is 13.6. The van der Waals surface area contributed by atoms with Crippen molar-refractivity contribution in [2.24, 2.45) is 0 Å². The van der Waals surface area contributed by atoms with Crippen LogP contribution in [0.1, 0.15) is 25.5 Å². The summed E-state index contributed by atoms with van der Waals surface area (Å²) >= 11 is 3.45. The van der Waals surface area contributed by atoms with Gasteiger partial charge in [0.25, 0.3) is 0 Å². The van der Waals surface area contributed by atoms with E-state index in [1.54, 1.807) is 6.92 Å². The first-order valence-electron chi connectivity index (χ1n) is 8.42. The van der Waals surface area contributed by atoms with Gasteiger partial charge in [0.2, 0.25) is 11.8 Å². The Morgan fingerprint density at radius 1 is 1.04 bits per heavy atom. The lowest BCUT2D eigenvalue weighted by Gasteiger charge is -2.21. The number of halogens is 4. The minimum Gasteiger partial charge on any atom is -0.346 e. The van der Waals surface area contributed by atoms with Crippen LogP contribution < -0.4 is 16.0 Å². The summed E-state index contributed by atoms with van der Waals surface area (Å²) in [5, 5.41) is 7.60. The average Bonchev–Trinajstić information content (AvgIpc) is 2.66. The van der Waals surface area contributed by atoms with Crippen molar-refractivity contribution in [1.82, 2.24) is 10.6 Å². The van der Waals surface area contributed by atoms with E-state index in [1.807, 2.05) is 31.2 Å². The third-order valence-corrected chi connectivity index (χ3v) is 4.72. The fourth-order valence-corrected chi connectivity index (χ4v) is 3.13. The van der Waals surface area contributed by atoms with Crippen LogP contribution in [0.5, 0.6) is 0 Å². The molecule has 0 saturated heterocycles. The van der Waals surface area contributed by atoms with E-state index in [4.69, 9.17) is 0 Å². The highest BCUT2D eigenvalue weighted by Crippen LogP contribution is 2.23. The minimum atomic E-state index is -1.68. The number of hydrogen-bond donors (Lipinski definition) is 3. The van der Waals surface area contributed by atoms with E-state index in [1.165, 1.54) is 0 Å². The van der Waals surface area contributed by atoms with Gasteiger partial charge in [-0.05, 0) is 37.6 Å². The molecule has 0 radical (unpaired) electrons. The summed E-state index contributed by atoms with van der Waals surface area (Å²) in [4.78, 5) is 24.0. The Morgan fingerprint density at radius 3 is 2.39 bits per heavy atom. The lowest BCUT2D eigenvalue weighted by Crippen LogP contribution is -2.45. The first-order valence-corrected chi connectivity index (χ1v) is 9.21. The Bertz CT molecular complexity index is 879. The molecule has 0 fully saturated rings. The van der Waals surface area contributed by atoms with Crippen LogP contribution in [0.4, 0.5) is 18.9 Å². The second-order valence-electron chi connectivity index (χ2n) is 6.12. The lowest BCUT2D eigenvalue weighted by molar-refractivity contribution is -0.125. The monoisotopic (exact) mass is 457 g/mol. The minimum absolute atomic E-state index is 0.138. The van der Waals surface area contributed by atoms with Crippen LogP contribution in [-0.2, 0) is 9.59 Å². The molecule has 150 valence electrons. The summed E-state index contributed by atoms with van der Waals surface area (Å²) in [6, 6.07) is 8.40. The van der Waals surface area contributed by atoms with Gasteiger partial charge in [0.15, 0.2) is 17.5 Å². The van der Waals surface area contributed by atoms with Gasteiger partial charge in [-0.1, -0.05) is 34.1 Å². The van der Waals surface area contributed by atoms with E-state index in [2.05, 4.69) is 31.9 Å². The van der Waals surface area contributed by atoms with Crippen molar-refractivity contribution in [3.63, 3.8) is 0 Å². The number of carbonyl (C=O) groups is 2. The SMILES string of the molecule is C[C@H](N[C@@H](C)c1ccccc1Br)C(=O)NCC(=O)Nc1ccc(F)c(F)c1F. The average molecular weight is 458 g/mol. The van der Waals surface area contributed by atoms with Crippen molar-refractivity contribution in [2.75, 3.05) is 11.9 Å². The van der Waals surface area contributed by atoms with Gasteiger partial charge >= 0.3 is 0 Å². The molecule has 9 heteroatoms. The Kier molecular flexibility index (Phi) is 7.59. The van der Waals surface area contributed by atoms with Gasteiger partial charge < -0.3 is 10.6 Å². The standard InChI is InChI=1S/C19H19BrF3N3O2/c1-10(12-5-3-4-6-13(12)20)25-11(2)19(28)24-9-16(27)26-15-8-7-14(21)17(22)18(15)23/h3-8,10-11,25H,9H2,1-2H3,(H,24,28)(H,26,27)/t10-,11-/m0/s1. The molecule has 0 saturated carbocycles. The second-order valence-corrected chi connectivity index (χ2v) is 6.97. The van der Waals surface area contributed by atoms with Gasteiger partial charge in [0.05, 0.1) is 18.3 Å². The molecule has 0 aliphatic carbocycles. The summed E-state index contributed by atoms with van der Waals surface area (Å²) in [6.07, 6.45) is 0. The number of benzene rings is 2. The van der Waals surface area contributed by atoms with Crippen LogP contribution in [0, 0.1) is 17.5 Å². The smallest absolute Gasteiger partial charge is 0.243 e. The largest absolute Gasteiger partial charge is 0.346 e. The Hall–Kier alpha value is -2.39. The van der Waals surface area contributed by atoms with Gasteiger partial charge in [0.1, 0.15) is 0 Å². The molecule has 2 atom stereocenters. The maximum Gasteiger partial charge on any atom is 0.243 e. The molecule has 28 heavy (non-hydrogen) atoms. The molecule has 0 aliphatic rings. The van der Waals surface area contributed by atoms with Gasteiger partial charge in [0, 0.05) is 10.5 Å². The quantitative estimate of drug-likeness (QED) is 0.555. The molecular weight excluding hydrogens is 439 g/mol. The van der Waals surface area contributed by atoms with E-state index < -0.39 is 47.5 Å². The number of anilines is 1. The molecule has 3 N–H and O–H groups in total. The zero-order chi connectivity index (χ0) is 20.8. The molecule has 2 aromatic rings. The summed E-state index contributed by atoms with van der Waals surface area (Å²) in [6.45, 7) is 3.07. The zero-order valence-electron chi connectivity index (χ0n) is 15.2. The van der Waals surface area contributed by atoms with Crippen molar-refractivity contribution in [1.29, 1.82) is 0 Å². The van der Waals surface area contributed by atoms with Crippen LogP contribution in [0.3, 0.4) is 0 Å². The zero-order valence-corrected chi connectivity index (χ0v) is 16.7. The number of nitrogens with one attached hydrogen (secondary N) is 3. The molecule has 2 amide bonds. The van der Waals surface area contributed by atoms with Crippen molar-refractivity contribution in [3.05, 3.63) is 63.9 Å². The molecule has 0 unspecified atom stereocenters. The Balaban J connectivity index is 1.86. The van der Waals surface area contributed by atoms with Crippen molar-refractivity contribution < 1.29 is 22.8 Å². The van der Waals surface area contributed by atoms with Crippen LogP contribution in [-0.4, -0.2) is 24.4 Å². The fourth-order valence-electron chi connectivity index (χ4n) is 2.50. The van der Waals surface area contributed by atoms with Gasteiger partial charge in [-0.3, -0.25) is 14.9 Å². The highest BCUT2D eigenvalue weighted by atomic mass is 79.9. The van der Waals surface area contributed by atoms with Gasteiger partial charge in [-0.15, -0.1) is 0 Å². The van der Waals surface area contributed by atoms with E-state index in [0.717, 1.165) is 16.1 Å². The van der Waals surface area contributed by atoms with Crippen molar-refractivity contribution >= 4 is 33.4 Å². The molecular formula is C19H19BrF3N3O2. The van der Waals surface area contributed by atoms with Crippen LogP contribution in [0.25, 0.3) is 0 Å². The Morgan fingerprint density at radius 2 is 1.71 bits per heavy atom. The number of carbonyl (C=O) groups excluding carboxylic acids is 2. The number of hydrogen-bond acceptors (Lipinski definition) is 3. The van der Waals surface area contributed by atoms with Gasteiger partial charge in [-0.25, -0.2) is 13.2 Å². The van der Waals surface area contributed by atoms with Crippen LogP contribution in [0.15, 0.2) is 40.9 Å². The summed E-state index contributed by atoms with van der Waals surface area (Å²) in [7, 11) is 0. The van der Waals surface area contributed by atoms with Crippen LogP contribution in [0.2, 0.25) is 0 Å². The predicted molar refractivity (Wildman–Crippen MR) is 103 cm³/mol. The van der Waals surface area contributed by atoms with E-state index in [0.29, 0.717) is 6.07 Å². The van der Waals surface area contributed by atoms with Crippen LogP contribution >= 0.6 is 15.9 Å². The Labute approximate surface area is 168 Å². The van der Waals surface area contributed by atoms with E-state index in [-0.39, 0.29) is 6.04 Å². The number of amides is 2. The highest BCUT2D eigenvalue weighted by Gasteiger charge is 2.19. The first-order chi connectivity index (χ1) is 13.2. The summed E-state index contributed by atoms with van der Waals surface area (Å²) in [5.74, 6) is -5.76. The topological polar surface area (TPSA) is 70.2 Å². The molecule has 2 aromatic carbocycles.